The number of anilines is 2. The van der Waals surface area contributed by atoms with Crippen molar-refractivity contribution < 1.29 is 23.0 Å². The van der Waals surface area contributed by atoms with Gasteiger partial charge in [-0.2, -0.15) is 0 Å². The summed E-state index contributed by atoms with van der Waals surface area (Å²) in [6, 6.07) is 20.2. The molecule has 0 spiro atoms. The summed E-state index contributed by atoms with van der Waals surface area (Å²) in [5.74, 6) is 1.43. The smallest absolute Gasteiger partial charge is 0.169 e. The first-order valence-electron chi connectivity index (χ1n) is 26.5. The molecule has 74 heavy (non-hydrogen) atoms. The third kappa shape index (κ3) is 10.3. The van der Waals surface area contributed by atoms with Crippen LogP contribution in [0.3, 0.4) is 0 Å². The van der Waals surface area contributed by atoms with Crippen LogP contribution in [-0.2, 0) is 4.79 Å². The predicted molar refractivity (Wildman–Crippen MR) is 285 cm³/mol. The van der Waals surface area contributed by atoms with Crippen LogP contribution in [0.1, 0.15) is 25.7 Å². The Morgan fingerprint density at radius 1 is 0.554 bits per heavy atom. The molecule has 0 aliphatic carbocycles. The monoisotopic (exact) mass is 1000 g/mol. The first-order chi connectivity index (χ1) is 36.4. The van der Waals surface area contributed by atoms with Crippen LogP contribution in [0.15, 0.2) is 110 Å². The van der Waals surface area contributed by atoms with Crippen molar-refractivity contribution in [1.29, 1.82) is 0 Å². The number of benzene rings is 2. The van der Waals surface area contributed by atoms with Gasteiger partial charge >= 0.3 is 0 Å². The number of likely N-dealkylation sites (tertiary alicyclic amines) is 2. The minimum absolute atomic E-state index is 0.211. The molecule has 17 heteroatoms. The molecule has 4 unspecified atom stereocenters. The van der Waals surface area contributed by atoms with Crippen molar-refractivity contribution in [3.63, 3.8) is 0 Å². The Hall–Kier alpha value is -6.79. The van der Waals surface area contributed by atoms with Crippen LogP contribution in [0.2, 0.25) is 0 Å². The molecule has 384 valence electrons. The number of aromatic nitrogens is 6. The van der Waals surface area contributed by atoms with Gasteiger partial charge in [0, 0.05) is 148 Å². The van der Waals surface area contributed by atoms with E-state index in [1.807, 2.05) is 37.2 Å². The second kappa shape index (κ2) is 21.6. The number of H-pyrrole nitrogens is 2. The third-order valence-electron chi connectivity index (χ3n) is 16.1. The quantitative estimate of drug-likeness (QED) is 0.0982. The zero-order valence-electron chi connectivity index (χ0n) is 41.8. The molecule has 15 nitrogen and oxygen atoms in total. The van der Waals surface area contributed by atoms with E-state index in [-0.39, 0.29) is 41.3 Å². The molecule has 4 aliphatic rings. The van der Waals surface area contributed by atoms with Crippen molar-refractivity contribution in [1.82, 2.24) is 49.5 Å². The first kappa shape index (κ1) is 48.2. The lowest BCUT2D eigenvalue weighted by Crippen LogP contribution is -2.62. The summed E-state index contributed by atoms with van der Waals surface area (Å²) in [7, 11) is 0. The number of fused-ring (bicyclic) bond motifs is 6. The first-order valence-corrected chi connectivity index (χ1v) is 26.5. The number of aromatic amines is 2. The second-order valence-electron chi connectivity index (χ2n) is 20.7. The zero-order valence-corrected chi connectivity index (χ0v) is 41.8. The number of nitrogens with one attached hydrogen (secondary N) is 2. The van der Waals surface area contributed by atoms with E-state index in [1.54, 1.807) is 24.3 Å². The van der Waals surface area contributed by atoms with Crippen LogP contribution in [0.25, 0.3) is 43.9 Å². The van der Waals surface area contributed by atoms with Crippen molar-refractivity contribution in [2.24, 2.45) is 11.8 Å². The van der Waals surface area contributed by atoms with Gasteiger partial charge in [0.05, 0.1) is 48.7 Å². The fourth-order valence-corrected chi connectivity index (χ4v) is 12.1. The van der Waals surface area contributed by atoms with Crippen molar-refractivity contribution >= 4 is 61.0 Å². The van der Waals surface area contributed by atoms with Gasteiger partial charge in [-0.1, -0.05) is 0 Å². The summed E-state index contributed by atoms with van der Waals surface area (Å²) in [6.07, 6.45) is 15.2. The highest BCUT2D eigenvalue weighted by Gasteiger charge is 2.41. The Kier molecular flexibility index (Phi) is 14.0. The number of carbonyl (C=O) groups excluding carboxylic acids is 1. The predicted octanol–water partition coefficient (Wildman–Crippen LogP) is 7.65. The van der Waals surface area contributed by atoms with E-state index in [4.69, 9.17) is 9.47 Å². The largest absolute Gasteiger partial charge is 0.493 e. The molecule has 0 bridgehead atoms. The van der Waals surface area contributed by atoms with Gasteiger partial charge in [-0.15, -0.1) is 0 Å². The molecule has 4 saturated heterocycles. The summed E-state index contributed by atoms with van der Waals surface area (Å²) in [4.78, 5) is 56.2. The Morgan fingerprint density at radius 2 is 0.986 bits per heavy atom. The molecular weight excluding hydrogens is 939 g/mol. The zero-order chi connectivity index (χ0) is 50.0. The molecule has 0 radical (unpaired) electrons. The minimum atomic E-state index is -0.342. The average molecular weight is 1000 g/mol. The van der Waals surface area contributed by atoms with Crippen LogP contribution < -0.4 is 19.3 Å². The highest BCUT2D eigenvalue weighted by molar-refractivity contribution is 6.11. The van der Waals surface area contributed by atoms with E-state index in [0.29, 0.717) is 37.8 Å². The van der Waals surface area contributed by atoms with Crippen LogP contribution in [0, 0.1) is 23.5 Å². The Morgan fingerprint density at radius 3 is 1.42 bits per heavy atom. The maximum Gasteiger partial charge on any atom is 0.169 e. The summed E-state index contributed by atoms with van der Waals surface area (Å²) in [6.45, 7) is 11.9. The number of ketones is 1. The SMILES string of the molecule is O=C(C(CN1CCN(c2ccnc3cnc4[nH]ccc4c23)CC1)N1CCCC(COc2ccc(F)cc2)C1)C(CN1CCN(c2ccnc3cnc4[nH]ccc4c23)CC1)N1CCCC(COc2ccc(F)cc2)C1. The summed E-state index contributed by atoms with van der Waals surface area (Å²) >= 11 is 0. The summed E-state index contributed by atoms with van der Waals surface area (Å²) in [5, 5.41) is 4.35. The maximum atomic E-state index is 16.2. The third-order valence-corrected chi connectivity index (χ3v) is 16.1. The van der Waals surface area contributed by atoms with Gasteiger partial charge in [0.1, 0.15) is 34.4 Å². The minimum Gasteiger partial charge on any atom is -0.493 e. The molecule has 4 aliphatic heterocycles. The van der Waals surface area contributed by atoms with Crippen LogP contribution in [0.4, 0.5) is 20.2 Å². The average Bonchev–Trinajstić information content (AvgIpc) is 4.15. The van der Waals surface area contributed by atoms with E-state index in [9.17, 15) is 8.78 Å². The van der Waals surface area contributed by atoms with Gasteiger partial charge < -0.3 is 29.2 Å². The van der Waals surface area contributed by atoms with E-state index >= 15 is 4.79 Å². The number of piperidine rings is 2. The fraction of sp³-hybridized carbons (Fsp3) is 0.421. The molecule has 6 aromatic heterocycles. The Balaban J connectivity index is 0.810. The van der Waals surface area contributed by atoms with Gasteiger partial charge in [0.2, 0.25) is 0 Å². The van der Waals surface area contributed by atoms with Crippen LogP contribution >= 0.6 is 0 Å². The van der Waals surface area contributed by atoms with Crippen molar-refractivity contribution in [2.45, 2.75) is 37.8 Å². The maximum absolute atomic E-state index is 16.2. The molecule has 8 aromatic rings. The fourth-order valence-electron chi connectivity index (χ4n) is 12.1. The molecule has 4 fully saturated rings. The van der Waals surface area contributed by atoms with Gasteiger partial charge in [0.25, 0.3) is 0 Å². The van der Waals surface area contributed by atoms with Gasteiger partial charge in [-0.05, 0) is 112 Å². The molecule has 0 saturated carbocycles. The summed E-state index contributed by atoms with van der Waals surface area (Å²) < 4.78 is 40.2. The van der Waals surface area contributed by atoms with Crippen molar-refractivity contribution in [2.75, 3.05) is 115 Å². The number of nitrogens with zero attached hydrogens (tertiary/aromatic N) is 10. The van der Waals surface area contributed by atoms with E-state index < -0.39 is 0 Å². The van der Waals surface area contributed by atoms with E-state index in [1.165, 1.54) is 24.3 Å². The number of hydrogen-bond donors (Lipinski definition) is 2. The molecule has 2 N–H and O–H groups in total. The topological polar surface area (TPSA) is 138 Å². The highest BCUT2D eigenvalue weighted by Crippen LogP contribution is 2.34. The molecule has 12 rings (SSSR count). The van der Waals surface area contributed by atoms with Crippen molar-refractivity contribution in [3.05, 3.63) is 122 Å². The lowest BCUT2D eigenvalue weighted by molar-refractivity contribution is -0.133. The lowest BCUT2D eigenvalue weighted by Gasteiger charge is -2.46. The molecule has 0 amide bonds. The van der Waals surface area contributed by atoms with Gasteiger partial charge in [-0.25, -0.2) is 18.7 Å². The van der Waals surface area contributed by atoms with Gasteiger partial charge in [0.15, 0.2) is 5.78 Å². The van der Waals surface area contributed by atoms with E-state index in [0.717, 1.165) is 159 Å². The standard InChI is InChI=1S/C57H64F2N12O3/c58-41-5-9-43(10-6-41)73-37-39-3-1-21-70(33-39)51(35-66-23-27-68(28-24-66)49-15-19-60-47-31-64-56-45(53(47)49)13-17-62-56)55(72)52(71-22-2-4-40(34-71)38-74-44-11-7-42(59)8-12-44)36-67-25-29-69(30-26-67)50-16-20-61-48-32-65-57-46(54(48)50)14-18-63-57/h5-20,31-32,39-40,51-52H,1-4,21-30,33-38H2,(H,62,64)(H,63,65). The molecular formula is C57H64F2N12O3. The number of halogens is 2. The van der Waals surface area contributed by atoms with Crippen molar-refractivity contribution in [3.8, 4) is 11.5 Å². The van der Waals surface area contributed by atoms with Crippen LogP contribution in [-0.4, -0.2) is 172 Å². The molecule has 2 aromatic carbocycles. The Labute approximate surface area is 429 Å². The number of pyridine rings is 4. The number of piperazine rings is 2. The number of rotatable bonds is 16. The lowest BCUT2D eigenvalue weighted by atomic mass is 9.91. The summed E-state index contributed by atoms with van der Waals surface area (Å²) in [5.41, 5.74) is 5.77. The number of hydrogen-bond acceptors (Lipinski definition) is 13. The van der Waals surface area contributed by atoms with Crippen LogP contribution in [0.5, 0.6) is 11.5 Å². The van der Waals surface area contributed by atoms with Gasteiger partial charge in [-0.3, -0.25) is 34.4 Å². The molecule has 10 heterocycles. The number of Topliss-reactive ketones (excluding diaryl/α,β-unsaturated/α-hetero) is 1. The highest BCUT2D eigenvalue weighted by atomic mass is 19.1. The second-order valence-corrected chi connectivity index (χ2v) is 20.7. The van der Waals surface area contributed by atoms with E-state index in [2.05, 4.69) is 83.6 Å². The number of carbonyl (C=O) groups is 1. The molecule has 4 atom stereocenters. The normalized spacial score (nSPS) is 20.7. The Bertz CT molecular complexity index is 2980. The number of ether oxygens (including phenoxy) is 2.